The summed E-state index contributed by atoms with van der Waals surface area (Å²) in [5, 5.41) is 2.63. The Balaban J connectivity index is 2.13. The van der Waals surface area contributed by atoms with E-state index in [1.54, 1.807) is 42.5 Å². The molecule has 0 aromatic heterocycles. The predicted molar refractivity (Wildman–Crippen MR) is 116 cm³/mol. The van der Waals surface area contributed by atoms with E-state index in [0.29, 0.717) is 34.9 Å². The van der Waals surface area contributed by atoms with Crippen LogP contribution in [0.1, 0.15) is 18.1 Å². The molecule has 2 aromatic carbocycles. The van der Waals surface area contributed by atoms with Crippen LogP contribution in [0.15, 0.2) is 42.5 Å². The normalized spacial score (nSPS) is 10.3. The summed E-state index contributed by atoms with van der Waals surface area (Å²) in [6.07, 6.45) is -0.595. The number of amides is 1. The summed E-state index contributed by atoms with van der Waals surface area (Å²) in [6, 6.07) is 12.0. The zero-order valence-corrected chi connectivity index (χ0v) is 18.5. The van der Waals surface area contributed by atoms with Crippen LogP contribution in [0.2, 0.25) is 0 Å². The zero-order chi connectivity index (χ0) is 23.5. The molecule has 2 rings (SSSR count). The summed E-state index contributed by atoms with van der Waals surface area (Å²) in [6.45, 7) is 2.16. The Morgan fingerprint density at radius 2 is 1.69 bits per heavy atom. The number of hydrogen-bond donors (Lipinski definition) is 1. The molecular formula is C23H27NO8. The molecule has 9 nitrogen and oxygen atoms in total. The van der Waals surface area contributed by atoms with Crippen molar-refractivity contribution < 1.29 is 38.1 Å². The van der Waals surface area contributed by atoms with Crippen LogP contribution < -0.4 is 14.8 Å². The maximum atomic E-state index is 12.2. The van der Waals surface area contributed by atoms with Gasteiger partial charge in [-0.05, 0) is 43.2 Å². The molecule has 1 amide bonds. The van der Waals surface area contributed by atoms with Gasteiger partial charge in [-0.1, -0.05) is 12.1 Å². The molecule has 0 fully saturated rings. The standard InChI is InChI=1S/C23H27NO8/c1-5-31-20-10-9-15(12-19(21(25)29-3)22(26)30-4)11-16(20)14-32-23(27)24-17-7-6-8-18(13-17)28-2/h6-11,13,19H,5,12,14H2,1-4H3,(H,24,27). The van der Waals surface area contributed by atoms with Gasteiger partial charge in [0.1, 0.15) is 18.1 Å². The molecule has 9 heteroatoms. The Bertz CT molecular complexity index is 927. The Morgan fingerprint density at radius 1 is 0.969 bits per heavy atom. The van der Waals surface area contributed by atoms with Gasteiger partial charge in [0, 0.05) is 17.3 Å². The van der Waals surface area contributed by atoms with Gasteiger partial charge < -0.3 is 23.7 Å². The van der Waals surface area contributed by atoms with Gasteiger partial charge >= 0.3 is 18.0 Å². The van der Waals surface area contributed by atoms with Gasteiger partial charge in [-0.2, -0.15) is 0 Å². The third-order valence-corrected chi connectivity index (χ3v) is 4.51. The molecule has 0 bridgehead atoms. The summed E-state index contributed by atoms with van der Waals surface area (Å²) in [4.78, 5) is 36.2. The monoisotopic (exact) mass is 445 g/mol. The predicted octanol–water partition coefficient (Wildman–Crippen LogP) is 3.35. The quantitative estimate of drug-likeness (QED) is 0.337. The summed E-state index contributed by atoms with van der Waals surface area (Å²) >= 11 is 0. The van der Waals surface area contributed by atoms with Crippen LogP contribution in [0, 0.1) is 5.92 Å². The Labute approximate surface area is 186 Å². The lowest BCUT2D eigenvalue weighted by molar-refractivity contribution is -0.158. The molecule has 0 aliphatic heterocycles. The molecule has 0 saturated carbocycles. The highest BCUT2D eigenvalue weighted by molar-refractivity contribution is 5.95. The first-order chi connectivity index (χ1) is 15.4. The Morgan fingerprint density at radius 3 is 2.31 bits per heavy atom. The second-order valence-electron chi connectivity index (χ2n) is 6.61. The number of carbonyl (C=O) groups excluding carboxylic acids is 3. The average molecular weight is 445 g/mol. The summed E-state index contributed by atoms with van der Waals surface area (Å²) < 4.78 is 25.5. The Hall–Kier alpha value is -3.75. The molecule has 2 aromatic rings. The fourth-order valence-corrected chi connectivity index (χ4v) is 2.95. The first kappa shape index (κ1) is 24.5. The van der Waals surface area contributed by atoms with E-state index in [1.807, 2.05) is 6.92 Å². The third kappa shape index (κ3) is 6.90. The van der Waals surface area contributed by atoms with Crippen molar-refractivity contribution in [3.63, 3.8) is 0 Å². The highest BCUT2D eigenvalue weighted by atomic mass is 16.6. The molecule has 32 heavy (non-hydrogen) atoms. The summed E-state index contributed by atoms with van der Waals surface area (Å²) in [5.41, 5.74) is 1.76. The fraction of sp³-hybridized carbons (Fsp3) is 0.348. The molecule has 172 valence electrons. The van der Waals surface area contributed by atoms with E-state index in [4.69, 9.17) is 23.7 Å². The summed E-state index contributed by atoms with van der Waals surface area (Å²) in [5.74, 6) is -1.37. The second kappa shape index (κ2) is 12.2. The SMILES string of the molecule is CCOc1ccc(CC(C(=O)OC)C(=O)OC)cc1COC(=O)Nc1cccc(OC)c1. The molecular weight excluding hydrogens is 418 g/mol. The topological polar surface area (TPSA) is 109 Å². The van der Waals surface area contributed by atoms with Crippen LogP contribution in [-0.2, 0) is 36.8 Å². The maximum Gasteiger partial charge on any atom is 0.411 e. The number of carbonyl (C=O) groups is 3. The van der Waals surface area contributed by atoms with E-state index in [2.05, 4.69) is 5.32 Å². The molecule has 0 heterocycles. The lowest BCUT2D eigenvalue weighted by atomic mass is 9.97. The smallest absolute Gasteiger partial charge is 0.411 e. The number of benzene rings is 2. The van der Waals surface area contributed by atoms with Crippen molar-refractivity contribution in [2.45, 2.75) is 20.0 Å². The van der Waals surface area contributed by atoms with E-state index in [9.17, 15) is 14.4 Å². The number of esters is 2. The van der Waals surface area contributed by atoms with E-state index < -0.39 is 23.9 Å². The van der Waals surface area contributed by atoms with Crippen molar-refractivity contribution in [2.24, 2.45) is 5.92 Å². The van der Waals surface area contributed by atoms with Crippen molar-refractivity contribution in [1.29, 1.82) is 0 Å². The Kier molecular flexibility index (Phi) is 9.34. The van der Waals surface area contributed by atoms with Crippen LogP contribution in [0.4, 0.5) is 10.5 Å². The minimum atomic E-state index is -1.10. The number of nitrogens with one attached hydrogen (secondary N) is 1. The summed E-state index contributed by atoms with van der Waals surface area (Å²) in [7, 11) is 3.94. The van der Waals surface area contributed by atoms with Crippen LogP contribution in [0.25, 0.3) is 0 Å². The van der Waals surface area contributed by atoms with Crippen LogP contribution in [0.3, 0.4) is 0 Å². The van der Waals surface area contributed by atoms with E-state index in [0.717, 1.165) is 0 Å². The van der Waals surface area contributed by atoms with Crippen LogP contribution in [-0.4, -0.2) is 46.0 Å². The highest BCUT2D eigenvalue weighted by Crippen LogP contribution is 2.24. The van der Waals surface area contributed by atoms with Gasteiger partial charge in [0.25, 0.3) is 0 Å². The van der Waals surface area contributed by atoms with Crippen molar-refractivity contribution in [3.05, 3.63) is 53.6 Å². The van der Waals surface area contributed by atoms with Gasteiger partial charge in [-0.3, -0.25) is 14.9 Å². The largest absolute Gasteiger partial charge is 0.497 e. The van der Waals surface area contributed by atoms with Crippen LogP contribution in [0.5, 0.6) is 11.5 Å². The molecule has 1 N–H and O–H groups in total. The molecule has 0 unspecified atom stereocenters. The number of ether oxygens (including phenoxy) is 5. The fourth-order valence-electron chi connectivity index (χ4n) is 2.95. The third-order valence-electron chi connectivity index (χ3n) is 4.51. The minimum absolute atomic E-state index is 0.0642. The lowest BCUT2D eigenvalue weighted by Gasteiger charge is -2.16. The van der Waals surface area contributed by atoms with Crippen molar-refractivity contribution in [1.82, 2.24) is 0 Å². The van der Waals surface area contributed by atoms with Gasteiger partial charge in [-0.25, -0.2) is 4.79 Å². The molecule has 0 spiro atoms. The van der Waals surface area contributed by atoms with Crippen molar-refractivity contribution in [2.75, 3.05) is 33.3 Å². The number of hydrogen-bond acceptors (Lipinski definition) is 8. The van der Waals surface area contributed by atoms with Gasteiger partial charge in [0.05, 0.1) is 27.9 Å². The average Bonchev–Trinajstić information content (AvgIpc) is 2.81. The molecule has 0 aliphatic carbocycles. The van der Waals surface area contributed by atoms with Gasteiger partial charge in [-0.15, -0.1) is 0 Å². The van der Waals surface area contributed by atoms with Crippen molar-refractivity contribution >= 4 is 23.7 Å². The van der Waals surface area contributed by atoms with Gasteiger partial charge in [0.2, 0.25) is 0 Å². The minimum Gasteiger partial charge on any atom is -0.497 e. The second-order valence-corrected chi connectivity index (χ2v) is 6.61. The van der Waals surface area contributed by atoms with E-state index >= 15 is 0 Å². The molecule has 0 aliphatic rings. The van der Waals surface area contributed by atoms with E-state index in [1.165, 1.54) is 21.3 Å². The number of methoxy groups -OCH3 is 3. The first-order valence-corrected chi connectivity index (χ1v) is 9.89. The highest BCUT2D eigenvalue weighted by Gasteiger charge is 2.29. The molecule has 0 radical (unpaired) electrons. The molecule has 0 saturated heterocycles. The first-order valence-electron chi connectivity index (χ1n) is 9.89. The van der Waals surface area contributed by atoms with Gasteiger partial charge in [0.15, 0.2) is 5.92 Å². The zero-order valence-electron chi connectivity index (χ0n) is 18.5. The van der Waals surface area contributed by atoms with Crippen LogP contribution >= 0.6 is 0 Å². The maximum absolute atomic E-state index is 12.2. The number of rotatable bonds is 10. The van der Waals surface area contributed by atoms with E-state index in [-0.39, 0.29) is 13.0 Å². The lowest BCUT2D eigenvalue weighted by Crippen LogP contribution is -2.28. The number of anilines is 1. The molecule has 0 atom stereocenters. The van der Waals surface area contributed by atoms with Crippen molar-refractivity contribution in [3.8, 4) is 11.5 Å².